The predicted molar refractivity (Wildman–Crippen MR) is 67.9 cm³/mol. The molecule has 108 valence electrons. The topological polar surface area (TPSA) is 147 Å². The summed E-state index contributed by atoms with van der Waals surface area (Å²) in [4.78, 5) is 42.4. The molecule has 1 aromatic heterocycles. The number of aromatic amines is 1. The summed E-state index contributed by atoms with van der Waals surface area (Å²) in [5, 5.41) is 3.02. The molecular weight excluding hydrogens is 264 g/mol. The Morgan fingerprint density at radius 1 is 1.30 bits per heavy atom. The first-order valence-corrected chi connectivity index (χ1v) is 6.07. The number of imidazole rings is 1. The van der Waals surface area contributed by atoms with Gasteiger partial charge in [-0.1, -0.05) is 0 Å². The predicted octanol–water partition coefficient (Wildman–Crippen LogP) is -2.78. The van der Waals surface area contributed by atoms with Crippen LogP contribution in [0.2, 0.25) is 0 Å². The number of nitrogens with two attached hydrogens (primary N) is 2. The van der Waals surface area contributed by atoms with E-state index in [1.807, 2.05) is 0 Å². The van der Waals surface area contributed by atoms with Gasteiger partial charge in [-0.2, -0.15) is 0 Å². The molecule has 2 rings (SSSR count). The van der Waals surface area contributed by atoms with Crippen LogP contribution in [0.3, 0.4) is 0 Å². The number of aromatic nitrogens is 2. The molecule has 1 atom stereocenters. The van der Waals surface area contributed by atoms with E-state index in [0.717, 1.165) is 16.3 Å². The Labute approximate surface area is 114 Å². The minimum absolute atomic E-state index is 0.340. The number of nitrogens with one attached hydrogen (secondary N) is 2. The molecule has 1 aromatic rings. The lowest BCUT2D eigenvalue weighted by Crippen LogP contribution is -2.53. The highest BCUT2D eigenvalue weighted by molar-refractivity contribution is 5.90. The van der Waals surface area contributed by atoms with Crippen LogP contribution in [0.1, 0.15) is 11.4 Å². The second kappa shape index (κ2) is 5.70. The highest BCUT2D eigenvalue weighted by Crippen LogP contribution is 2.13. The summed E-state index contributed by atoms with van der Waals surface area (Å²) in [5.41, 5.74) is 11.9. The average Bonchev–Trinajstić information content (AvgIpc) is 2.83. The molecule has 20 heavy (non-hydrogen) atoms. The lowest BCUT2D eigenvalue weighted by Gasteiger charge is -2.28. The Balaban J connectivity index is 2.08. The van der Waals surface area contributed by atoms with E-state index in [0.29, 0.717) is 13.0 Å². The zero-order chi connectivity index (χ0) is 14.7. The van der Waals surface area contributed by atoms with Gasteiger partial charge in [0.1, 0.15) is 0 Å². The minimum Gasteiger partial charge on any atom is -0.368 e. The molecule has 0 saturated heterocycles. The van der Waals surface area contributed by atoms with E-state index in [1.165, 1.54) is 0 Å². The molecule has 0 radical (unpaired) electrons. The third-order valence-corrected chi connectivity index (χ3v) is 3.03. The van der Waals surface area contributed by atoms with Crippen molar-refractivity contribution in [3.63, 3.8) is 0 Å². The first-order chi connectivity index (χ1) is 9.47. The molecule has 9 nitrogen and oxygen atoms in total. The number of H-pyrrole nitrogens is 1. The maximum atomic E-state index is 12.3. The summed E-state index contributed by atoms with van der Waals surface area (Å²) in [6.07, 6.45) is 1.94. The van der Waals surface area contributed by atoms with E-state index in [4.69, 9.17) is 11.5 Å². The molecule has 1 aliphatic rings. The summed E-state index contributed by atoms with van der Waals surface area (Å²) in [5.74, 6) is -1.79. The van der Waals surface area contributed by atoms with Crippen LogP contribution in [0.15, 0.2) is 6.33 Å². The average molecular weight is 280 g/mol. The largest absolute Gasteiger partial charge is 0.368 e. The van der Waals surface area contributed by atoms with E-state index in [-0.39, 0.29) is 13.1 Å². The number of fused-ring (bicyclic) bond motifs is 1. The van der Waals surface area contributed by atoms with Gasteiger partial charge >= 0.3 is 0 Å². The highest BCUT2D eigenvalue weighted by Gasteiger charge is 2.30. The summed E-state index contributed by atoms with van der Waals surface area (Å²) in [6.45, 7) is -0.215. The van der Waals surface area contributed by atoms with Crippen LogP contribution < -0.4 is 16.8 Å². The summed E-state index contributed by atoms with van der Waals surface area (Å²) in [7, 11) is 0. The van der Waals surface area contributed by atoms with Gasteiger partial charge in [-0.3, -0.25) is 19.7 Å². The molecule has 0 spiro atoms. The summed E-state index contributed by atoms with van der Waals surface area (Å²) >= 11 is 0. The van der Waals surface area contributed by atoms with Crippen molar-refractivity contribution in [2.45, 2.75) is 19.0 Å². The van der Waals surface area contributed by atoms with Gasteiger partial charge in [0.05, 0.1) is 36.8 Å². The molecule has 9 heteroatoms. The van der Waals surface area contributed by atoms with Crippen molar-refractivity contribution in [3.8, 4) is 0 Å². The quantitative estimate of drug-likeness (QED) is 0.460. The van der Waals surface area contributed by atoms with Gasteiger partial charge in [-0.25, -0.2) is 4.98 Å². The summed E-state index contributed by atoms with van der Waals surface area (Å²) in [6, 6.07) is -0.551. The third-order valence-electron chi connectivity index (χ3n) is 3.03. The van der Waals surface area contributed by atoms with Crippen molar-refractivity contribution in [1.29, 1.82) is 0 Å². The molecule has 3 amide bonds. The van der Waals surface area contributed by atoms with Crippen molar-refractivity contribution in [2.24, 2.45) is 11.5 Å². The zero-order valence-corrected chi connectivity index (χ0v) is 10.8. The maximum Gasteiger partial charge on any atom is 0.241 e. The van der Waals surface area contributed by atoms with Gasteiger partial charge in [0.15, 0.2) is 0 Å². The van der Waals surface area contributed by atoms with Crippen molar-refractivity contribution in [3.05, 3.63) is 17.7 Å². The standard InChI is InChI=1S/C11H16N6O3/c12-9(18)3-17(4-10(13)19)11(20)7-1-6-8(2-14-7)16-5-15-6/h5,7,14H,1-4H2,(H2,12,18)(H2,13,19)(H,15,16). The second-order valence-electron chi connectivity index (χ2n) is 4.59. The molecule has 0 bridgehead atoms. The van der Waals surface area contributed by atoms with Crippen LogP contribution in [0.4, 0.5) is 0 Å². The zero-order valence-electron chi connectivity index (χ0n) is 10.8. The van der Waals surface area contributed by atoms with E-state index in [9.17, 15) is 14.4 Å². The molecule has 0 fully saturated rings. The first-order valence-electron chi connectivity index (χ1n) is 6.07. The normalized spacial score (nSPS) is 17.3. The smallest absolute Gasteiger partial charge is 0.241 e. The molecular formula is C11H16N6O3. The Kier molecular flexibility index (Phi) is 3.99. The molecule has 0 saturated carbocycles. The molecule has 1 unspecified atom stereocenters. The fourth-order valence-electron chi connectivity index (χ4n) is 2.15. The minimum atomic E-state index is -0.698. The van der Waals surface area contributed by atoms with Crippen molar-refractivity contribution >= 4 is 17.7 Å². The molecule has 0 aliphatic carbocycles. The fourth-order valence-corrected chi connectivity index (χ4v) is 2.15. The van der Waals surface area contributed by atoms with Crippen LogP contribution in [-0.2, 0) is 27.3 Å². The lowest BCUT2D eigenvalue weighted by atomic mass is 10.0. The Morgan fingerprint density at radius 3 is 2.55 bits per heavy atom. The summed E-state index contributed by atoms with van der Waals surface area (Å²) < 4.78 is 0. The van der Waals surface area contributed by atoms with E-state index in [2.05, 4.69) is 15.3 Å². The van der Waals surface area contributed by atoms with Crippen molar-refractivity contribution in [2.75, 3.05) is 13.1 Å². The first kappa shape index (κ1) is 14.0. The lowest BCUT2D eigenvalue weighted by molar-refractivity contribution is -0.139. The van der Waals surface area contributed by atoms with Gasteiger partial charge in [0.2, 0.25) is 17.7 Å². The van der Waals surface area contributed by atoms with Crippen LogP contribution in [0, 0.1) is 0 Å². The molecule has 1 aliphatic heterocycles. The van der Waals surface area contributed by atoms with E-state index in [1.54, 1.807) is 6.33 Å². The maximum absolute atomic E-state index is 12.3. The van der Waals surface area contributed by atoms with Crippen LogP contribution >= 0.6 is 0 Å². The van der Waals surface area contributed by atoms with Crippen LogP contribution in [0.25, 0.3) is 0 Å². The number of hydrogen-bond donors (Lipinski definition) is 4. The van der Waals surface area contributed by atoms with E-state index < -0.39 is 23.8 Å². The number of carbonyl (C=O) groups excluding carboxylic acids is 3. The van der Waals surface area contributed by atoms with Crippen LogP contribution in [-0.4, -0.2) is 51.7 Å². The molecule has 6 N–H and O–H groups in total. The second-order valence-corrected chi connectivity index (χ2v) is 4.59. The molecule has 0 aromatic carbocycles. The van der Waals surface area contributed by atoms with E-state index >= 15 is 0 Å². The number of primary amides is 2. The van der Waals surface area contributed by atoms with Gasteiger partial charge in [-0.15, -0.1) is 0 Å². The van der Waals surface area contributed by atoms with Gasteiger partial charge in [0, 0.05) is 13.0 Å². The SMILES string of the molecule is NC(=O)CN(CC(N)=O)C(=O)C1Cc2nc[nH]c2CN1. The van der Waals surface area contributed by atoms with Gasteiger partial charge < -0.3 is 21.4 Å². The number of hydrogen-bond acceptors (Lipinski definition) is 5. The monoisotopic (exact) mass is 280 g/mol. The van der Waals surface area contributed by atoms with Crippen LogP contribution in [0.5, 0.6) is 0 Å². The van der Waals surface area contributed by atoms with Crippen molar-refractivity contribution in [1.82, 2.24) is 20.2 Å². The molecule has 2 heterocycles. The number of amides is 3. The Bertz CT molecular complexity index is 524. The highest BCUT2D eigenvalue weighted by atomic mass is 16.2. The number of nitrogens with zero attached hydrogens (tertiary/aromatic N) is 2. The fraction of sp³-hybridized carbons (Fsp3) is 0.455. The Morgan fingerprint density at radius 2 is 1.95 bits per heavy atom. The number of carbonyl (C=O) groups is 3. The van der Waals surface area contributed by atoms with Gasteiger partial charge in [-0.05, 0) is 0 Å². The third kappa shape index (κ3) is 3.12. The van der Waals surface area contributed by atoms with Gasteiger partial charge in [0.25, 0.3) is 0 Å². The van der Waals surface area contributed by atoms with Crippen molar-refractivity contribution < 1.29 is 14.4 Å². The Hall–Kier alpha value is -2.42. The number of rotatable bonds is 5.